The molecule has 0 atom stereocenters. The molecule has 2 fully saturated rings. The van der Waals surface area contributed by atoms with Crippen LogP contribution in [0.5, 0.6) is 0 Å². The smallest absolute Gasteiger partial charge is 0.257 e. The van der Waals surface area contributed by atoms with Crippen molar-refractivity contribution in [3.05, 3.63) is 53.1 Å². The van der Waals surface area contributed by atoms with E-state index in [-0.39, 0.29) is 17.6 Å². The maximum absolute atomic E-state index is 13.3. The van der Waals surface area contributed by atoms with E-state index in [0.29, 0.717) is 24.7 Å². The number of halogens is 1. The van der Waals surface area contributed by atoms with Gasteiger partial charge in [-0.05, 0) is 37.5 Å². The van der Waals surface area contributed by atoms with Crippen molar-refractivity contribution < 1.29 is 9.18 Å². The van der Waals surface area contributed by atoms with E-state index in [2.05, 4.69) is 5.10 Å². The second-order valence-electron chi connectivity index (χ2n) is 6.99. The van der Waals surface area contributed by atoms with E-state index in [1.54, 1.807) is 18.3 Å². The molecule has 2 aromatic rings. The zero-order valence-electron chi connectivity index (χ0n) is 13.9. The Labute approximate surface area is 141 Å². The van der Waals surface area contributed by atoms with Gasteiger partial charge in [0.2, 0.25) is 0 Å². The Hall–Kier alpha value is -2.17. The van der Waals surface area contributed by atoms with Crippen LogP contribution < -0.4 is 0 Å². The molecule has 1 saturated heterocycles. The van der Waals surface area contributed by atoms with Crippen LogP contribution >= 0.6 is 0 Å². The topological polar surface area (TPSA) is 38.1 Å². The minimum atomic E-state index is -0.217. The van der Waals surface area contributed by atoms with Gasteiger partial charge in [-0.15, -0.1) is 0 Å². The molecule has 0 N–H and O–H groups in total. The molecule has 24 heavy (non-hydrogen) atoms. The number of benzene rings is 1. The lowest BCUT2D eigenvalue weighted by atomic mass is 9.91. The first-order valence-electron chi connectivity index (χ1n) is 8.72. The first-order valence-corrected chi connectivity index (χ1v) is 8.72. The number of carbonyl (C=O) groups is 1. The monoisotopic (exact) mass is 327 g/mol. The minimum Gasteiger partial charge on any atom is -0.337 e. The first-order chi connectivity index (χ1) is 11.6. The molecule has 2 heterocycles. The predicted octanol–water partition coefficient (Wildman–Crippen LogP) is 3.69. The highest BCUT2D eigenvalue weighted by Gasteiger charge is 2.34. The number of aromatic nitrogens is 2. The molecule has 4 nitrogen and oxygen atoms in total. The summed E-state index contributed by atoms with van der Waals surface area (Å²) in [6, 6.07) is 7.12. The van der Waals surface area contributed by atoms with Gasteiger partial charge < -0.3 is 4.90 Å². The SMILES string of the molecule is Cc1c(C(=O)N2CC(c3cccc(F)c3)C2)cnn1C1CCCC1. The van der Waals surface area contributed by atoms with Gasteiger partial charge in [-0.3, -0.25) is 9.48 Å². The summed E-state index contributed by atoms with van der Waals surface area (Å²) in [6.45, 7) is 3.29. The molecule has 1 saturated carbocycles. The van der Waals surface area contributed by atoms with E-state index < -0.39 is 0 Å². The molecule has 4 rings (SSSR count). The molecule has 0 unspecified atom stereocenters. The minimum absolute atomic E-state index is 0.0457. The predicted molar refractivity (Wildman–Crippen MR) is 89.5 cm³/mol. The van der Waals surface area contributed by atoms with Gasteiger partial charge in [0.25, 0.3) is 5.91 Å². The Morgan fingerprint density at radius 1 is 1.25 bits per heavy atom. The summed E-state index contributed by atoms with van der Waals surface area (Å²) in [7, 11) is 0. The summed E-state index contributed by atoms with van der Waals surface area (Å²) in [6.07, 6.45) is 6.51. The first kappa shape index (κ1) is 15.4. The maximum atomic E-state index is 13.3. The number of likely N-dealkylation sites (tertiary alicyclic amines) is 1. The Morgan fingerprint density at radius 2 is 2.00 bits per heavy atom. The average molecular weight is 327 g/mol. The Morgan fingerprint density at radius 3 is 2.71 bits per heavy atom. The Kier molecular flexibility index (Phi) is 3.87. The van der Waals surface area contributed by atoms with Gasteiger partial charge in [0.05, 0.1) is 17.8 Å². The van der Waals surface area contributed by atoms with Crippen molar-refractivity contribution in [1.82, 2.24) is 14.7 Å². The van der Waals surface area contributed by atoms with Crippen molar-refractivity contribution in [3.63, 3.8) is 0 Å². The molecule has 1 aliphatic carbocycles. The van der Waals surface area contributed by atoms with Crippen molar-refractivity contribution in [3.8, 4) is 0 Å². The number of hydrogen-bond donors (Lipinski definition) is 0. The van der Waals surface area contributed by atoms with Gasteiger partial charge in [-0.1, -0.05) is 25.0 Å². The molecule has 2 aliphatic rings. The fourth-order valence-corrected chi connectivity index (χ4v) is 3.94. The molecule has 1 amide bonds. The van der Waals surface area contributed by atoms with E-state index in [0.717, 1.165) is 24.1 Å². The second-order valence-corrected chi connectivity index (χ2v) is 6.99. The fourth-order valence-electron chi connectivity index (χ4n) is 3.94. The standard InChI is InChI=1S/C19H22FN3O/c1-13-18(10-21-23(13)17-7-2-3-8-17)19(24)22-11-15(12-22)14-5-4-6-16(20)9-14/h4-6,9-10,15,17H,2-3,7-8,11-12H2,1H3. The number of nitrogens with zero attached hydrogens (tertiary/aromatic N) is 3. The average Bonchev–Trinajstić information content (AvgIpc) is 3.14. The quantitative estimate of drug-likeness (QED) is 0.862. The van der Waals surface area contributed by atoms with Crippen LogP contribution in [0.15, 0.2) is 30.5 Å². The van der Waals surface area contributed by atoms with Crippen molar-refractivity contribution in [2.75, 3.05) is 13.1 Å². The number of carbonyl (C=O) groups excluding carboxylic acids is 1. The Bertz CT molecular complexity index is 758. The second kappa shape index (κ2) is 6.04. The highest BCUT2D eigenvalue weighted by Crippen LogP contribution is 2.32. The lowest BCUT2D eigenvalue weighted by molar-refractivity contribution is 0.0601. The molecular weight excluding hydrogens is 305 g/mol. The molecular formula is C19H22FN3O. The van der Waals surface area contributed by atoms with Crippen molar-refractivity contribution in [2.45, 2.75) is 44.6 Å². The maximum Gasteiger partial charge on any atom is 0.257 e. The lowest BCUT2D eigenvalue weighted by Gasteiger charge is -2.39. The third-order valence-corrected chi connectivity index (χ3v) is 5.43. The molecule has 0 bridgehead atoms. The Balaban J connectivity index is 1.44. The summed E-state index contributed by atoms with van der Waals surface area (Å²) >= 11 is 0. The van der Waals surface area contributed by atoms with Crippen LogP contribution in [0.3, 0.4) is 0 Å². The van der Waals surface area contributed by atoms with Gasteiger partial charge in [-0.2, -0.15) is 5.10 Å². The summed E-state index contributed by atoms with van der Waals surface area (Å²) in [4.78, 5) is 14.6. The van der Waals surface area contributed by atoms with Crippen LogP contribution in [0.25, 0.3) is 0 Å². The van der Waals surface area contributed by atoms with Crippen LogP contribution in [0.4, 0.5) is 4.39 Å². The molecule has 1 aromatic heterocycles. The number of hydrogen-bond acceptors (Lipinski definition) is 2. The molecule has 1 aromatic carbocycles. The van der Waals surface area contributed by atoms with E-state index in [1.807, 2.05) is 22.6 Å². The van der Waals surface area contributed by atoms with Crippen LogP contribution in [0.1, 0.15) is 59.3 Å². The molecule has 0 radical (unpaired) electrons. The van der Waals surface area contributed by atoms with Gasteiger partial charge in [0.1, 0.15) is 5.82 Å². The van der Waals surface area contributed by atoms with Crippen molar-refractivity contribution in [2.24, 2.45) is 0 Å². The highest BCUT2D eigenvalue weighted by molar-refractivity contribution is 5.95. The zero-order valence-corrected chi connectivity index (χ0v) is 13.9. The van der Waals surface area contributed by atoms with Crippen LogP contribution in [0, 0.1) is 12.7 Å². The van der Waals surface area contributed by atoms with Gasteiger partial charge >= 0.3 is 0 Å². The van der Waals surface area contributed by atoms with Crippen molar-refractivity contribution >= 4 is 5.91 Å². The lowest BCUT2D eigenvalue weighted by Crippen LogP contribution is -2.48. The largest absolute Gasteiger partial charge is 0.337 e. The summed E-state index contributed by atoms with van der Waals surface area (Å²) in [5.41, 5.74) is 2.65. The van der Waals surface area contributed by atoms with Gasteiger partial charge in [0.15, 0.2) is 0 Å². The zero-order chi connectivity index (χ0) is 16.7. The van der Waals surface area contributed by atoms with E-state index >= 15 is 0 Å². The normalized spacial score (nSPS) is 18.8. The van der Waals surface area contributed by atoms with Gasteiger partial charge in [-0.25, -0.2) is 4.39 Å². The summed E-state index contributed by atoms with van der Waals surface area (Å²) in [5.74, 6) is 0.0604. The number of rotatable bonds is 3. The molecule has 126 valence electrons. The highest BCUT2D eigenvalue weighted by atomic mass is 19.1. The number of amides is 1. The molecule has 1 aliphatic heterocycles. The van der Waals surface area contributed by atoms with Crippen LogP contribution in [0.2, 0.25) is 0 Å². The third kappa shape index (κ3) is 2.62. The summed E-state index contributed by atoms with van der Waals surface area (Å²) < 4.78 is 15.4. The van der Waals surface area contributed by atoms with Gasteiger partial charge in [0, 0.05) is 24.7 Å². The van der Waals surface area contributed by atoms with Crippen LogP contribution in [-0.4, -0.2) is 33.7 Å². The van der Waals surface area contributed by atoms with Crippen LogP contribution in [-0.2, 0) is 0 Å². The van der Waals surface area contributed by atoms with E-state index in [9.17, 15) is 9.18 Å². The van der Waals surface area contributed by atoms with Crippen molar-refractivity contribution in [1.29, 1.82) is 0 Å². The third-order valence-electron chi connectivity index (χ3n) is 5.43. The van der Waals surface area contributed by atoms with E-state index in [1.165, 1.54) is 18.9 Å². The van der Waals surface area contributed by atoms with E-state index in [4.69, 9.17) is 0 Å². The summed E-state index contributed by atoms with van der Waals surface area (Å²) in [5, 5.41) is 4.47. The molecule has 5 heteroatoms. The fraction of sp³-hybridized carbons (Fsp3) is 0.474. The molecule has 0 spiro atoms.